The molecule has 1 amide bonds. The molecule has 2 rings (SSSR count). The van der Waals surface area contributed by atoms with Gasteiger partial charge in [-0.2, -0.15) is 0 Å². The summed E-state index contributed by atoms with van der Waals surface area (Å²) in [6.07, 6.45) is 0.618. The predicted octanol–water partition coefficient (Wildman–Crippen LogP) is 2.79. The highest BCUT2D eigenvalue weighted by atomic mass is 19.1. The molecule has 0 aliphatic rings. The van der Waals surface area contributed by atoms with Crippen molar-refractivity contribution in [1.82, 2.24) is 0 Å². The van der Waals surface area contributed by atoms with E-state index in [-0.39, 0.29) is 5.56 Å². The average Bonchev–Trinajstić information content (AvgIpc) is 2.46. The van der Waals surface area contributed by atoms with Gasteiger partial charge in [-0.15, -0.1) is 0 Å². The van der Waals surface area contributed by atoms with Crippen LogP contribution in [0, 0.1) is 11.6 Å². The maximum atomic E-state index is 13.5. The van der Waals surface area contributed by atoms with Gasteiger partial charge in [-0.1, -0.05) is 6.07 Å². The van der Waals surface area contributed by atoms with Crippen LogP contribution in [0.2, 0.25) is 0 Å². The quantitative estimate of drug-likeness (QED) is 0.635. The molecule has 0 atom stereocenters. The van der Waals surface area contributed by atoms with E-state index in [1.807, 2.05) is 0 Å². The fourth-order valence-corrected chi connectivity index (χ4v) is 1.77. The Kier molecular flexibility index (Phi) is 3.89. The Morgan fingerprint density at radius 1 is 1.05 bits per heavy atom. The molecule has 0 bridgehead atoms. The van der Waals surface area contributed by atoms with Crippen molar-refractivity contribution in [2.75, 3.05) is 11.9 Å². The minimum atomic E-state index is -0.899. The van der Waals surface area contributed by atoms with Crippen LogP contribution in [0.15, 0.2) is 42.5 Å². The van der Waals surface area contributed by atoms with Gasteiger partial charge in [0.15, 0.2) is 5.78 Å². The molecule has 0 heterocycles. The first kappa shape index (κ1) is 13.9. The molecular formula is C15H11F2NO2. The third kappa shape index (κ3) is 2.56. The van der Waals surface area contributed by atoms with Gasteiger partial charge in [0.25, 0.3) is 0 Å². The maximum absolute atomic E-state index is 13.5. The van der Waals surface area contributed by atoms with Crippen molar-refractivity contribution in [2.45, 2.75) is 0 Å². The van der Waals surface area contributed by atoms with Gasteiger partial charge in [-0.25, -0.2) is 8.78 Å². The van der Waals surface area contributed by atoms with E-state index in [4.69, 9.17) is 0 Å². The number of hydrogen-bond acceptors (Lipinski definition) is 2. The van der Waals surface area contributed by atoms with E-state index in [1.165, 1.54) is 35.2 Å². The second-order valence-corrected chi connectivity index (χ2v) is 4.19. The first-order valence-corrected chi connectivity index (χ1v) is 5.81. The van der Waals surface area contributed by atoms with Gasteiger partial charge < -0.3 is 4.90 Å². The number of rotatable bonds is 4. The molecule has 0 N–H and O–H groups in total. The van der Waals surface area contributed by atoms with Gasteiger partial charge in [-0.3, -0.25) is 9.59 Å². The largest absolute Gasteiger partial charge is 0.318 e. The molecule has 102 valence electrons. The Balaban J connectivity index is 2.37. The van der Waals surface area contributed by atoms with E-state index in [9.17, 15) is 18.4 Å². The lowest BCUT2D eigenvalue weighted by Crippen LogP contribution is -2.14. The van der Waals surface area contributed by atoms with E-state index in [2.05, 4.69) is 0 Å². The number of ketones is 1. The average molecular weight is 275 g/mol. The zero-order valence-corrected chi connectivity index (χ0v) is 10.6. The topological polar surface area (TPSA) is 37.4 Å². The molecular weight excluding hydrogens is 264 g/mol. The fraction of sp³-hybridized carbons (Fsp3) is 0.0667. The van der Waals surface area contributed by atoms with Crippen LogP contribution >= 0.6 is 0 Å². The number of halogens is 2. The lowest BCUT2D eigenvalue weighted by molar-refractivity contribution is -0.107. The monoisotopic (exact) mass is 275 g/mol. The van der Waals surface area contributed by atoms with E-state index < -0.39 is 23.0 Å². The minimum absolute atomic E-state index is 0.150. The molecule has 0 aliphatic heterocycles. The number of anilines is 1. The Morgan fingerprint density at radius 2 is 1.60 bits per heavy atom. The summed E-state index contributed by atoms with van der Waals surface area (Å²) in [6, 6.07) is 9.16. The van der Waals surface area contributed by atoms with Crippen molar-refractivity contribution < 1.29 is 18.4 Å². The van der Waals surface area contributed by atoms with Crippen LogP contribution in [0.1, 0.15) is 15.9 Å². The summed E-state index contributed by atoms with van der Waals surface area (Å²) in [5.41, 5.74) is 0.145. The van der Waals surface area contributed by atoms with Crippen molar-refractivity contribution in [1.29, 1.82) is 0 Å². The molecule has 2 aromatic carbocycles. The Bertz CT molecular complexity index is 633. The predicted molar refractivity (Wildman–Crippen MR) is 70.7 cm³/mol. The summed E-state index contributed by atoms with van der Waals surface area (Å²) in [5, 5.41) is 0. The van der Waals surface area contributed by atoms with Gasteiger partial charge in [0, 0.05) is 18.3 Å². The summed E-state index contributed by atoms with van der Waals surface area (Å²) in [5.74, 6) is -2.53. The van der Waals surface area contributed by atoms with Crippen LogP contribution in [-0.4, -0.2) is 19.2 Å². The van der Waals surface area contributed by atoms with Crippen molar-refractivity contribution in [3.8, 4) is 0 Å². The van der Waals surface area contributed by atoms with Gasteiger partial charge in [0.05, 0.1) is 5.56 Å². The standard InChI is InChI=1S/C15H11F2NO2/c1-18(9-19)11-7-5-10(6-8-11)15(20)14-12(16)3-2-4-13(14)17/h2-9H,1H3. The smallest absolute Gasteiger partial charge is 0.213 e. The number of carbonyl (C=O) groups excluding carboxylic acids is 2. The highest BCUT2D eigenvalue weighted by Gasteiger charge is 2.18. The van der Waals surface area contributed by atoms with Gasteiger partial charge in [0.2, 0.25) is 6.41 Å². The molecule has 0 saturated carbocycles. The SMILES string of the molecule is CN(C=O)c1ccc(C(=O)c2c(F)cccc2F)cc1. The third-order valence-electron chi connectivity index (χ3n) is 2.88. The molecule has 0 radical (unpaired) electrons. The summed E-state index contributed by atoms with van der Waals surface area (Å²) in [4.78, 5) is 24.0. The van der Waals surface area contributed by atoms with Crippen LogP contribution in [0.4, 0.5) is 14.5 Å². The van der Waals surface area contributed by atoms with Crippen molar-refractivity contribution in [3.05, 3.63) is 65.2 Å². The van der Waals surface area contributed by atoms with Crippen LogP contribution in [0.5, 0.6) is 0 Å². The first-order chi connectivity index (χ1) is 9.54. The highest BCUT2D eigenvalue weighted by molar-refractivity contribution is 6.09. The molecule has 0 fully saturated rings. The lowest BCUT2D eigenvalue weighted by atomic mass is 10.0. The van der Waals surface area contributed by atoms with Crippen molar-refractivity contribution >= 4 is 17.9 Å². The Hall–Kier alpha value is -2.56. The van der Waals surface area contributed by atoms with Crippen molar-refractivity contribution in [2.24, 2.45) is 0 Å². The van der Waals surface area contributed by atoms with Gasteiger partial charge >= 0.3 is 0 Å². The molecule has 2 aromatic rings. The lowest BCUT2D eigenvalue weighted by Gasteiger charge is -2.11. The number of hydrogen-bond donors (Lipinski definition) is 0. The normalized spacial score (nSPS) is 10.2. The van der Waals surface area contributed by atoms with Crippen LogP contribution in [0.25, 0.3) is 0 Å². The molecule has 20 heavy (non-hydrogen) atoms. The summed E-state index contributed by atoms with van der Waals surface area (Å²) < 4.78 is 27.1. The minimum Gasteiger partial charge on any atom is -0.318 e. The first-order valence-electron chi connectivity index (χ1n) is 5.81. The fourth-order valence-electron chi connectivity index (χ4n) is 1.77. The summed E-state index contributed by atoms with van der Waals surface area (Å²) in [7, 11) is 1.56. The molecule has 5 heteroatoms. The van der Waals surface area contributed by atoms with Crippen LogP contribution < -0.4 is 4.90 Å². The summed E-state index contributed by atoms with van der Waals surface area (Å²) in [6.45, 7) is 0. The molecule has 0 saturated heterocycles. The Labute approximate surface area is 114 Å². The van der Waals surface area contributed by atoms with Crippen molar-refractivity contribution in [3.63, 3.8) is 0 Å². The number of amides is 1. The molecule has 3 nitrogen and oxygen atoms in total. The van der Waals surface area contributed by atoms with E-state index in [1.54, 1.807) is 7.05 Å². The van der Waals surface area contributed by atoms with E-state index in [0.717, 1.165) is 12.1 Å². The second kappa shape index (κ2) is 5.61. The third-order valence-corrected chi connectivity index (χ3v) is 2.88. The van der Waals surface area contributed by atoms with Gasteiger partial charge in [-0.05, 0) is 36.4 Å². The van der Waals surface area contributed by atoms with Crippen LogP contribution in [-0.2, 0) is 4.79 Å². The number of nitrogens with zero attached hydrogens (tertiary/aromatic N) is 1. The van der Waals surface area contributed by atoms with Crippen LogP contribution in [0.3, 0.4) is 0 Å². The molecule has 0 aliphatic carbocycles. The molecule has 0 aromatic heterocycles. The number of benzene rings is 2. The Morgan fingerprint density at radius 3 is 2.10 bits per heavy atom. The highest BCUT2D eigenvalue weighted by Crippen LogP contribution is 2.19. The van der Waals surface area contributed by atoms with Gasteiger partial charge in [0.1, 0.15) is 11.6 Å². The zero-order chi connectivity index (χ0) is 14.7. The molecule has 0 spiro atoms. The van der Waals surface area contributed by atoms with E-state index in [0.29, 0.717) is 12.1 Å². The number of carbonyl (C=O) groups is 2. The maximum Gasteiger partial charge on any atom is 0.213 e. The molecule has 0 unspecified atom stereocenters. The zero-order valence-electron chi connectivity index (χ0n) is 10.6. The van der Waals surface area contributed by atoms with E-state index >= 15 is 0 Å². The summed E-state index contributed by atoms with van der Waals surface area (Å²) >= 11 is 0. The second-order valence-electron chi connectivity index (χ2n) is 4.19.